The first-order valence-electron chi connectivity index (χ1n) is 12.1. The molecule has 3 aromatic rings. The maximum Gasteiger partial charge on any atom is 0.283 e. The van der Waals surface area contributed by atoms with Crippen LogP contribution in [-0.4, -0.2) is 49.4 Å². The number of hydrogen-bond donors (Lipinski definition) is 1. The second kappa shape index (κ2) is 9.42. The SMILES string of the molecule is CCn1nc(S(=O)(=O)NC(=O)Cc2c(-c3ccnc(C)c3)ccc3c2CCC3)cc1C1(OC)COC1. The van der Waals surface area contributed by atoms with Gasteiger partial charge in [-0.15, -0.1) is 0 Å². The summed E-state index contributed by atoms with van der Waals surface area (Å²) < 4.78 is 41.1. The summed E-state index contributed by atoms with van der Waals surface area (Å²) in [5.74, 6) is -0.594. The number of pyridine rings is 1. The van der Waals surface area contributed by atoms with E-state index in [1.165, 1.54) is 11.6 Å². The molecule has 1 aliphatic carbocycles. The van der Waals surface area contributed by atoms with Crippen LogP contribution >= 0.6 is 0 Å². The summed E-state index contributed by atoms with van der Waals surface area (Å²) in [7, 11) is -2.62. The minimum atomic E-state index is -4.18. The number of carbonyl (C=O) groups excluding carboxylic acids is 1. The van der Waals surface area contributed by atoms with Crippen LogP contribution in [0.4, 0.5) is 0 Å². The number of nitrogens with zero attached hydrogens (tertiary/aromatic N) is 3. The van der Waals surface area contributed by atoms with E-state index in [0.29, 0.717) is 25.5 Å². The van der Waals surface area contributed by atoms with Crippen LogP contribution < -0.4 is 4.72 Å². The fourth-order valence-electron chi connectivity index (χ4n) is 5.12. The van der Waals surface area contributed by atoms with Crippen LogP contribution in [0.1, 0.15) is 41.4 Å². The zero-order valence-electron chi connectivity index (χ0n) is 20.7. The summed E-state index contributed by atoms with van der Waals surface area (Å²) in [4.78, 5) is 17.4. The van der Waals surface area contributed by atoms with E-state index in [1.54, 1.807) is 18.0 Å². The molecule has 2 aliphatic rings. The first-order chi connectivity index (χ1) is 17.3. The Morgan fingerprint density at radius 3 is 2.69 bits per heavy atom. The number of rotatable bonds is 8. The molecule has 2 aromatic heterocycles. The molecule has 0 bridgehead atoms. The van der Waals surface area contributed by atoms with Gasteiger partial charge < -0.3 is 9.47 Å². The van der Waals surface area contributed by atoms with Gasteiger partial charge in [-0.1, -0.05) is 12.1 Å². The first kappa shape index (κ1) is 24.6. The lowest BCUT2D eigenvalue weighted by Gasteiger charge is -2.39. The van der Waals surface area contributed by atoms with Crippen LogP contribution in [0.2, 0.25) is 0 Å². The molecule has 5 rings (SSSR count). The van der Waals surface area contributed by atoms with E-state index < -0.39 is 21.5 Å². The topological polar surface area (TPSA) is 112 Å². The number of ether oxygens (including phenoxy) is 2. The predicted molar refractivity (Wildman–Crippen MR) is 133 cm³/mol. The average Bonchev–Trinajstić information content (AvgIpc) is 3.47. The van der Waals surface area contributed by atoms with Gasteiger partial charge in [0, 0.05) is 31.6 Å². The molecule has 36 heavy (non-hydrogen) atoms. The van der Waals surface area contributed by atoms with E-state index in [0.717, 1.165) is 47.2 Å². The van der Waals surface area contributed by atoms with Gasteiger partial charge in [-0.3, -0.25) is 14.5 Å². The smallest absolute Gasteiger partial charge is 0.283 e. The normalized spacial score (nSPS) is 16.4. The van der Waals surface area contributed by atoms with Crippen LogP contribution in [0, 0.1) is 6.92 Å². The summed E-state index contributed by atoms with van der Waals surface area (Å²) in [5, 5.41) is 4.05. The highest BCUT2D eigenvalue weighted by molar-refractivity contribution is 7.90. The molecule has 0 radical (unpaired) electrons. The first-order valence-corrected chi connectivity index (χ1v) is 13.6. The van der Waals surface area contributed by atoms with Gasteiger partial charge in [-0.25, -0.2) is 4.72 Å². The molecule has 1 N–H and O–H groups in total. The predicted octanol–water partition coefficient (Wildman–Crippen LogP) is 2.68. The molecule has 1 fully saturated rings. The number of hydrogen-bond acceptors (Lipinski definition) is 7. The second-order valence-corrected chi connectivity index (χ2v) is 11.0. The highest BCUT2D eigenvalue weighted by Crippen LogP contribution is 2.35. The van der Waals surface area contributed by atoms with E-state index in [9.17, 15) is 13.2 Å². The summed E-state index contributed by atoms with van der Waals surface area (Å²) in [6.45, 7) is 4.87. The van der Waals surface area contributed by atoms with Gasteiger partial charge in [0.1, 0.15) is 0 Å². The van der Waals surface area contributed by atoms with Crippen molar-refractivity contribution in [3.05, 3.63) is 64.6 Å². The zero-order valence-corrected chi connectivity index (χ0v) is 21.5. The molecule has 1 aromatic carbocycles. The van der Waals surface area contributed by atoms with Crippen molar-refractivity contribution in [2.24, 2.45) is 0 Å². The third-order valence-electron chi connectivity index (χ3n) is 7.05. The van der Waals surface area contributed by atoms with Crippen LogP contribution in [0.5, 0.6) is 0 Å². The number of carbonyl (C=O) groups is 1. The maximum absolute atomic E-state index is 13.2. The van der Waals surface area contributed by atoms with Crippen molar-refractivity contribution in [3.8, 4) is 11.1 Å². The van der Waals surface area contributed by atoms with Crippen molar-refractivity contribution in [1.82, 2.24) is 19.5 Å². The number of aromatic nitrogens is 3. The summed E-state index contributed by atoms with van der Waals surface area (Å²) in [6, 6.07) is 9.49. The zero-order chi connectivity index (χ0) is 25.5. The number of aryl methyl sites for hydroxylation is 3. The Morgan fingerprint density at radius 1 is 1.22 bits per heavy atom. The van der Waals surface area contributed by atoms with Gasteiger partial charge in [0.15, 0.2) is 10.6 Å². The lowest BCUT2D eigenvalue weighted by atomic mass is 9.91. The van der Waals surface area contributed by atoms with Crippen molar-refractivity contribution >= 4 is 15.9 Å². The Morgan fingerprint density at radius 2 is 2.03 bits per heavy atom. The highest BCUT2D eigenvalue weighted by Gasteiger charge is 2.44. The molecule has 10 heteroatoms. The van der Waals surface area contributed by atoms with Crippen molar-refractivity contribution in [1.29, 1.82) is 0 Å². The van der Waals surface area contributed by atoms with Gasteiger partial charge in [0.2, 0.25) is 5.91 Å². The molecule has 0 unspecified atom stereocenters. The van der Waals surface area contributed by atoms with Crippen molar-refractivity contribution in [2.75, 3.05) is 20.3 Å². The van der Waals surface area contributed by atoms with Gasteiger partial charge in [-0.2, -0.15) is 13.5 Å². The maximum atomic E-state index is 13.2. The molecule has 3 heterocycles. The monoisotopic (exact) mass is 510 g/mol. The van der Waals surface area contributed by atoms with E-state index in [1.807, 2.05) is 32.0 Å². The molecule has 9 nitrogen and oxygen atoms in total. The number of sulfonamides is 1. The number of amides is 1. The van der Waals surface area contributed by atoms with Gasteiger partial charge >= 0.3 is 0 Å². The molecular weight excluding hydrogens is 480 g/mol. The fourth-order valence-corrected chi connectivity index (χ4v) is 6.07. The Bertz CT molecular complexity index is 1420. The molecular formula is C26H30N4O5S. The Kier molecular flexibility index (Phi) is 6.44. The van der Waals surface area contributed by atoms with Crippen LogP contribution in [0.25, 0.3) is 11.1 Å². The number of fused-ring (bicyclic) bond motifs is 1. The average molecular weight is 511 g/mol. The van der Waals surface area contributed by atoms with Crippen molar-refractivity contribution in [2.45, 2.75) is 56.7 Å². The molecule has 1 aliphatic heterocycles. The number of nitrogens with one attached hydrogen (secondary N) is 1. The second-order valence-electron chi connectivity index (χ2n) is 9.35. The minimum absolute atomic E-state index is 0.0453. The highest BCUT2D eigenvalue weighted by atomic mass is 32.2. The summed E-state index contributed by atoms with van der Waals surface area (Å²) in [5.41, 5.74) is 5.87. The molecule has 0 spiro atoms. The van der Waals surface area contributed by atoms with Gasteiger partial charge in [0.05, 0.1) is 25.3 Å². The van der Waals surface area contributed by atoms with Crippen molar-refractivity contribution in [3.63, 3.8) is 0 Å². The molecule has 1 amide bonds. The third-order valence-corrected chi connectivity index (χ3v) is 8.30. The molecule has 1 saturated heterocycles. The quantitative estimate of drug-likeness (QED) is 0.496. The van der Waals surface area contributed by atoms with Crippen LogP contribution in [0.15, 0.2) is 41.6 Å². The van der Waals surface area contributed by atoms with Crippen LogP contribution in [-0.2, 0) is 55.7 Å². The largest absolute Gasteiger partial charge is 0.374 e. The van der Waals surface area contributed by atoms with E-state index >= 15 is 0 Å². The molecule has 0 saturated carbocycles. The Hall–Kier alpha value is -3.08. The van der Waals surface area contributed by atoms with Crippen molar-refractivity contribution < 1.29 is 22.7 Å². The minimum Gasteiger partial charge on any atom is -0.374 e. The standard InChI is InChI=1S/C26H30N4O5S/c1-4-30-23(26(34-3)15-35-16-26)14-25(28-30)36(32,33)29-24(31)13-22-20-7-5-6-18(20)8-9-21(22)19-10-11-27-17(2)12-19/h8-12,14H,4-7,13,15-16H2,1-3H3,(H,29,31). The third kappa shape index (κ3) is 4.33. The Labute approximate surface area is 210 Å². The van der Waals surface area contributed by atoms with E-state index in [-0.39, 0.29) is 11.4 Å². The fraction of sp³-hybridized carbons (Fsp3) is 0.423. The van der Waals surface area contributed by atoms with E-state index in [4.69, 9.17) is 9.47 Å². The summed E-state index contributed by atoms with van der Waals surface area (Å²) >= 11 is 0. The number of benzene rings is 1. The lowest BCUT2D eigenvalue weighted by molar-refractivity contribution is -0.206. The number of methoxy groups -OCH3 is 1. The lowest BCUT2D eigenvalue weighted by Crippen LogP contribution is -2.49. The Balaban J connectivity index is 1.44. The van der Waals surface area contributed by atoms with Gasteiger partial charge in [0.25, 0.3) is 10.0 Å². The molecule has 0 atom stereocenters. The van der Waals surface area contributed by atoms with Crippen LogP contribution in [0.3, 0.4) is 0 Å². The summed E-state index contributed by atoms with van der Waals surface area (Å²) in [6.07, 6.45) is 4.54. The van der Waals surface area contributed by atoms with Gasteiger partial charge in [-0.05, 0) is 73.1 Å². The molecule has 190 valence electrons. The van der Waals surface area contributed by atoms with E-state index in [2.05, 4.69) is 20.9 Å².